The Balaban J connectivity index is 3.72. The van der Waals surface area contributed by atoms with E-state index >= 15 is 0 Å². The first kappa shape index (κ1) is 20.7. The van der Waals surface area contributed by atoms with Crippen molar-refractivity contribution in [2.24, 2.45) is 0 Å². The van der Waals surface area contributed by atoms with E-state index in [-0.39, 0.29) is 22.2 Å². The van der Waals surface area contributed by atoms with E-state index in [0.29, 0.717) is 5.56 Å². The molecule has 0 radical (unpaired) electrons. The molecule has 138 valence electrons. The van der Waals surface area contributed by atoms with Crippen LogP contribution in [0.1, 0.15) is 58.2 Å². The van der Waals surface area contributed by atoms with E-state index in [1.165, 1.54) is 20.3 Å². The van der Waals surface area contributed by atoms with E-state index < -0.39 is 11.9 Å². The van der Waals surface area contributed by atoms with E-state index in [0.717, 1.165) is 11.1 Å². The van der Waals surface area contributed by atoms with E-state index in [1.807, 2.05) is 41.5 Å². The zero-order valence-corrected chi connectivity index (χ0v) is 16.3. The van der Waals surface area contributed by atoms with Crippen molar-refractivity contribution in [3.05, 3.63) is 34.4 Å². The molecule has 0 unspecified atom stereocenters. The van der Waals surface area contributed by atoms with Gasteiger partial charge in [-0.25, -0.2) is 9.59 Å². The van der Waals surface area contributed by atoms with Gasteiger partial charge in [0.05, 0.1) is 14.2 Å². The van der Waals surface area contributed by atoms with Crippen LogP contribution in [0.4, 0.5) is 0 Å². The summed E-state index contributed by atoms with van der Waals surface area (Å²) in [5.74, 6) is -1.31. The molecule has 0 saturated heterocycles. The van der Waals surface area contributed by atoms with Crippen LogP contribution >= 0.6 is 0 Å². The van der Waals surface area contributed by atoms with E-state index in [4.69, 9.17) is 0 Å². The quantitative estimate of drug-likeness (QED) is 0.390. The van der Waals surface area contributed by atoms with Crippen LogP contribution in [-0.2, 0) is 29.9 Å². The summed E-state index contributed by atoms with van der Waals surface area (Å²) in [5.41, 5.74) is 1.27. The fraction of sp³-hybridized carbons (Fsp3) is 0.500. The van der Waals surface area contributed by atoms with Crippen LogP contribution in [0.2, 0.25) is 0 Å². The minimum Gasteiger partial charge on any atom is -0.507 e. The summed E-state index contributed by atoms with van der Waals surface area (Å²) >= 11 is 0. The number of rotatable bonds is 3. The van der Waals surface area contributed by atoms with Crippen LogP contribution in [0.15, 0.2) is 17.7 Å². The first-order chi connectivity index (χ1) is 11.3. The minimum absolute atomic E-state index is 0.199. The van der Waals surface area contributed by atoms with Crippen molar-refractivity contribution < 1.29 is 24.2 Å². The second kappa shape index (κ2) is 7.30. The molecule has 1 N–H and O–H groups in total. The van der Waals surface area contributed by atoms with Crippen LogP contribution < -0.4 is 0 Å². The molecule has 0 saturated carbocycles. The fourth-order valence-electron chi connectivity index (χ4n) is 2.47. The van der Waals surface area contributed by atoms with Gasteiger partial charge in [0.15, 0.2) is 0 Å². The van der Waals surface area contributed by atoms with Crippen molar-refractivity contribution in [2.45, 2.75) is 52.4 Å². The van der Waals surface area contributed by atoms with Gasteiger partial charge in [-0.15, -0.1) is 0 Å². The van der Waals surface area contributed by atoms with Gasteiger partial charge >= 0.3 is 11.9 Å². The zero-order valence-electron chi connectivity index (χ0n) is 16.3. The van der Waals surface area contributed by atoms with E-state index in [2.05, 4.69) is 9.47 Å². The van der Waals surface area contributed by atoms with Gasteiger partial charge in [-0.1, -0.05) is 41.5 Å². The summed E-state index contributed by atoms with van der Waals surface area (Å²) in [5, 5.41) is 10.7. The molecule has 1 aromatic carbocycles. The summed E-state index contributed by atoms with van der Waals surface area (Å²) in [6.07, 6.45) is 1.43. The van der Waals surface area contributed by atoms with Gasteiger partial charge in [-0.05, 0) is 34.6 Å². The molecular weight excluding hydrogens is 320 g/mol. The minimum atomic E-state index is -0.769. The third-order valence-electron chi connectivity index (χ3n) is 3.87. The highest BCUT2D eigenvalue weighted by Gasteiger charge is 2.27. The fourth-order valence-corrected chi connectivity index (χ4v) is 2.47. The summed E-state index contributed by atoms with van der Waals surface area (Å²) in [7, 11) is 2.41. The maximum Gasteiger partial charge on any atom is 0.345 e. The summed E-state index contributed by atoms with van der Waals surface area (Å²) in [4.78, 5) is 23.8. The lowest BCUT2D eigenvalue weighted by molar-refractivity contribution is -0.143. The molecule has 25 heavy (non-hydrogen) atoms. The van der Waals surface area contributed by atoms with Gasteiger partial charge in [0.1, 0.15) is 11.3 Å². The smallest absolute Gasteiger partial charge is 0.345 e. The first-order valence-electron chi connectivity index (χ1n) is 8.09. The summed E-state index contributed by atoms with van der Waals surface area (Å²) < 4.78 is 9.34. The third kappa shape index (κ3) is 4.84. The number of benzene rings is 1. The maximum absolute atomic E-state index is 11.9. The lowest BCUT2D eigenvalue weighted by Gasteiger charge is -2.28. The average molecular weight is 348 g/mol. The predicted molar refractivity (Wildman–Crippen MR) is 97.5 cm³/mol. The summed E-state index contributed by atoms with van der Waals surface area (Å²) in [6.45, 7) is 11.9. The SMILES string of the molecule is COC(=O)C(=Cc1cc(C(C)(C)C)c(O)c(C(C)(C)C)c1)C(=O)OC. The molecule has 5 heteroatoms. The molecule has 0 aliphatic rings. The normalized spacial score (nSPS) is 11.7. The summed E-state index contributed by atoms with van der Waals surface area (Å²) in [6, 6.07) is 3.55. The maximum atomic E-state index is 11.9. The monoisotopic (exact) mass is 348 g/mol. The molecule has 5 nitrogen and oxygen atoms in total. The molecule has 0 spiro atoms. The van der Waals surface area contributed by atoms with Crippen molar-refractivity contribution in [1.82, 2.24) is 0 Å². The van der Waals surface area contributed by atoms with Crippen molar-refractivity contribution in [3.63, 3.8) is 0 Å². The van der Waals surface area contributed by atoms with Crippen molar-refractivity contribution in [2.75, 3.05) is 14.2 Å². The molecule has 0 aliphatic carbocycles. The zero-order chi connectivity index (χ0) is 19.6. The number of hydrogen-bond acceptors (Lipinski definition) is 5. The van der Waals surface area contributed by atoms with Crippen LogP contribution in [0, 0.1) is 0 Å². The number of phenolic OH excluding ortho intramolecular Hbond substituents is 1. The molecule has 0 aliphatic heterocycles. The Kier molecular flexibility index (Phi) is 6.05. The number of ether oxygens (including phenoxy) is 2. The number of methoxy groups -OCH3 is 2. The Hall–Kier alpha value is -2.30. The molecule has 0 aromatic heterocycles. The van der Waals surface area contributed by atoms with Crippen LogP contribution in [0.3, 0.4) is 0 Å². The van der Waals surface area contributed by atoms with Crippen LogP contribution in [0.5, 0.6) is 5.75 Å². The highest BCUT2D eigenvalue weighted by atomic mass is 16.5. The number of aromatic hydroxyl groups is 1. The molecular formula is C20H28O5. The molecule has 0 atom stereocenters. The number of carbonyl (C=O) groups excluding carboxylic acids is 2. The molecule has 0 heterocycles. The second-order valence-corrected chi connectivity index (χ2v) is 8.01. The van der Waals surface area contributed by atoms with Gasteiger partial charge in [-0.2, -0.15) is 0 Å². The highest BCUT2D eigenvalue weighted by molar-refractivity contribution is 6.17. The Morgan fingerprint density at radius 1 is 0.880 bits per heavy atom. The number of phenols is 1. The first-order valence-corrected chi connectivity index (χ1v) is 8.09. The number of carbonyl (C=O) groups is 2. The molecule has 1 aromatic rings. The van der Waals surface area contributed by atoms with Gasteiger partial charge < -0.3 is 14.6 Å². The van der Waals surface area contributed by atoms with E-state index in [9.17, 15) is 14.7 Å². The topological polar surface area (TPSA) is 72.8 Å². The standard InChI is InChI=1S/C20H28O5/c1-19(2,3)14-10-12(11-15(16(14)21)20(4,5)6)9-13(17(22)24-7)18(23)25-8/h9-11,21H,1-8H3. The molecule has 0 bridgehead atoms. The molecule has 1 rings (SSSR count). The number of esters is 2. The number of hydrogen-bond donors (Lipinski definition) is 1. The average Bonchev–Trinajstić information content (AvgIpc) is 2.49. The van der Waals surface area contributed by atoms with E-state index in [1.54, 1.807) is 12.1 Å². The Morgan fingerprint density at radius 3 is 1.52 bits per heavy atom. The van der Waals surface area contributed by atoms with Crippen LogP contribution in [0.25, 0.3) is 6.08 Å². The van der Waals surface area contributed by atoms with Crippen LogP contribution in [-0.4, -0.2) is 31.3 Å². The van der Waals surface area contributed by atoms with Gasteiger partial charge in [0.2, 0.25) is 0 Å². The second-order valence-electron chi connectivity index (χ2n) is 8.01. The van der Waals surface area contributed by atoms with Crippen molar-refractivity contribution >= 4 is 18.0 Å². The predicted octanol–water partition coefficient (Wildman–Crippen LogP) is 3.72. The lowest BCUT2D eigenvalue weighted by Crippen LogP contribution is -2.18. The van der Waals surface area contributed by atoms with Gasteiger partial charge in [-0.3, -0.25) is 0 Å². The van der Waals surface area contributed by atoms with Crippen molar-refractivity contribution in [1.29, 1.82) is 0 Å². The lowest BCUT2D eigenvalue weighted by atomic mass is 9.78. The molecule has 0 fully saturated rings. The van der Waals surface area contributed by atoms with Crippen molar-refractivity contribution in [3.8, 4) is 5.75 Å². The molecule has 0 amide bonds. The van der Waals surface area contributed by atoms with Gasteiger partial charge in [0, 0.05) is 11.1 Å². The Bertz CT molecular complexity index is 647. The highest BCUT2D eigenvalue weighted by Crippen LogP contribution is 2.40. The van der Waals surface area contributed by atoms with Gasteiger partial charge in [0.25, 0.3) is 0 Å². The third-order valence-corrected chi connectivity index (χ3v) is 3.87. The Labute approximate surface area is 149 Å². The Morgan fingerprint density at radius 2 is 1.24 bits per heavy atom. The largest absolute Gasteiger partial charge is 0.507 e.